The quantitative estimate of drug-likeness (QED) is 0.383. The van der Waals surface area contributed by atoms with Gasteiger partial charge in [-0.1, -0.05) is 0 Å². The maximum absolute atomic E-state index is 12.9. The molecule has 0 bridgehead atoms. The van der Waals surface area contributed by atoms with Crippen LogP contribution in [0.5, 0.6) is 11.5 Å². The van der Waals surface area contributed by atoms with Gasteiger partial charge >= 0.3 is 11.9 Å². The van der Waals surface area contributed by atoms with Crippen molar-refractivity contribution in [3.8, 4) is 11.5 Å². The van der Waals surface area contributed by atoms with Crippen LogP contribution in [0.15, 0.2) is 59.6 Å². The first kappa shape index (κ1) is 20.6. The molecule has 0 radical (unpaired) electrons. The number of aromatic hydroxyl groups is 2. The molecule has 1 atom stereocenters. The third-order valence-corrected chi connectivity index (χ3v) is 4.55. The Morgan fingerprint density at radius 2 is 1.87 bits per heavy atom. The van der Waals surface area contributed by atoms with Crippen molar-refractivity contribution in [1.29, 1.82) is 0 Å². The van der Waals surface area contributed by atoms with Gasteiger partial charge in [0.1, 0.15) is 29.1 Å². The van der Waals surface area contributed by atoms with E-state index in [9.17, 15) is 29.4 Å². The van der Waals surface area contributed by atoms with Gasteiger partial charge in [-0.15, -0.1) is 0 Å². The summed E-state index contributed by atoms with van der Waals surface area (Å²) >= 11 is 0. The van der Waals surface area contributed by atoms with E-state index in [1.54, 1.807) is 0 Å². The molecule has 2 aliphatic rings. The van der Waals surface area contributed by atoms with E-state index in [-0.39, 0.29) is 33.8 Å². The number of esters is 1. The van der Waals surface area contributed by atoms with E-state index in [4.69, 9.17) is 14.6 Å². The van der Waals surface area contributed by atoms with E-state index < -0.39 is 34.9 Å². The zero-order valence-electron chi connectivity index (χ0n) is 15.8. The van der Waals surface area contributed by atoms with Crippen LogP contribution in [0.25, 0.3) is 0 Å². The van der Waals surface area contributed by atoms with E-state index in [2.05, 4.69) is 0 Å². The summed E-state index contributed by atoms with van der Waals surface area (Å²) in [6.45, 7) is 2.56. The van der Waals surface area contributed by atoms with Crippen molar-refractivity contribution in [2.45, 2.75) is 19.4 Å². The minimum Gasteiger partial charge on any atom is -0.508 e. The average Bonchev–Trinajstić information content (AvgIpc) is 2.64. The van der Waals surface area contributed by atoms with Gasteiger partial charge in [0.25, 0.3) is 0 Å². The molecule has 0 fully saturated rings. The van der Waals surface area contributed by atoms with Gasteiger partial charge in [0.2, 0.25) is 17.2 Å². The second kappa shape index (κ2) is 7.36. The third kappa shape index (κ3) is 3.60. The normalized spacial score (nSPS) is 20.7. The zero-order chi connectivity index (χ0) is 22.2. The first-order valence-corrected chi connectivity index (χ1v) is 8.59. The van der Waals surface area contributed by atoms with Crippen LogP contribution in [-0.4, -0.2) is 44.4 Å². The van der Waals surface area contributed by atoms with Crippen molar-refractivity contribution in [1.82, 2.24) is 0 Å². The number of hydrogen-bond acceptors (Lipinski definition) is 8. The SMILES string of the molecule is Cc1cc(O)cc(O)c1C(=O)O[C@]1(C)C(=O)C=C2C=C(/C=C/C(=O)O)OC=C2C1=O. The Morgan fingerprint density at radius 1 is 1.17 bits per heavy atom. The second-order valence-electron chi connectivity index (χ2n) is 6.74. The van der Waals surface area contributed by atoms with E-state index in [1.165, 1.54) is 19.1 Å². The highest BCUT2D eigenvalue weighted by molar-refractivity contribution is 6.26. The van der Waals surface area contributed by atoms with Crippen molar-refractivity contribution in [3.05, 3.63) is 70.7 Å². The summed E-state index contributed by atoms with van der Waals surface area (Å²) in [5.41, 5.74) is -2.16. The number of carboxylic acid groups (broad SMARTS) is 1. The number of phenols is 2. The van der Waals surface area contributed by atoms with Crippen LogP contribution < -0.4 is 0 Å². The maximum Gasteiger partial charge on any atom is 0.343 e. The molecule has 0 spiro atoms. The number of aliphatic carboxylic acids is 1. The van der Waals surface area contributed by atoms with Gasteiger partial charge in [-0.3, -0.25) is 9.59 Å². The Labute approximate surface area is 169 Å². The molecule has 1 aromatic rings. The number of benzene rings is 1. The van der Waals surface area contributed by atoms with E-state index in [0.29, 0.717) is 0 Å². The molecule has 0 unspecified atom stereocenters. The Kier molecular flexibility index (Phi) is 5.05. The zero-order valence-corrected chi connectivity index (χ0v) is 15.8. The van der Waals surface area contributed by atoms with Crippen molar-refractivity contribution < 1.29 is 44.0 Å². The van der Waals surface area contributed by atoms with E-state index >= 15 is 0 Å². The Bertz CT molecular complexity index is 1090. The molecule has 0 saturated heterocycles. The van der Waals surface area contributed by atoms with Gasteiger partial charge in [0.15, 0.2) is 0 Å². The fourth-order valence-electron chi connectivity index (χ4n) is 3.00. The highest BCUT2D eigenvalue weighted by atomic mass is 16.6. The first-order chi connectivity index (χ1) is 14.0. The molecule has 1 aliphatic heterocycles. The number of carbonyl (C=O) groups is 4. The molecule has 1 aromatic carbocycles. The van der Waals surface area contributed by atoms with Gasteiger partial charge < -0.3 is 24.8 Å². The van der Waals surface area contributed by atoms with Gasteiger partial charge in [0.05, 0.1) is 5.57 Å². The Morgan fingerprint density at radius 3 is 2.50 bits per heavy atom. The summed E-state index contributed by atoms with van der Waals surface area (Å²) in [6.07, 6.45) is 5.41. The molecule has 30 heavy (non-hydrogen) atoms. The summed E-state index contributed by atoms with van der Waals surface area (Å²) < 4.78 is 10.4. The van der Waals surface area contributed by atoms with Gasteiger partial charge in [-0.05, 0) is 49.3 Å². The number of carboxylic acids is 1. The molecule has 154 valence electrons. The summed E-state index contributed by atoms with van der Waals surface area (Å²) in [4.78, 5) is 48.8. The fourth-order valence-corrected chi connectivity index (χ4v) is 3.00. The Hall–Kier alpha value is -4.14. The summed E-state index contributed by atoms with van der Waals surface area (Å²) in [5, 5.41) is 28.1. The lowest BCUT2D eigenvalue weighted by atomic mass is 9.80. The monoisotopic (exact) mass is 412 g/mol. The van der Waals surface area contributed by atoms with E-state index in [1.807, 2.05) is 0 Å². The summed E-state index contributed by atoms with van der Waals surface area (Å²) in [7, 11) is 0. The number of rotatable bonds is 4. The van der Waals surface area contributed by atoms with Crippen LogP contribution in [0, 0.1) is 6.92 Å². The lowest BCUT2D eigenvalue weighted by Gasteiger charge is -2.31. The predicted octanol–water partition coefficient (Wildman–Crippen LogP) is 1.84. The van der Waals surface area contributed by atoms with Gasteiger partial charge in [-0.2, -0.15) is 0 Å². The molecule has 3 rings (SSSR count). The fraction of sp³-hybridized carbons (Fsp3) is 0.143. The molecular formula is C21H16O9. The molecule has 9 heteroatoms. The maximum atomic E-state index is 12.9. The molecule has 9 nitrogen and oxygen atoms in total. The number of ketones is 2. The van der Waals surface area contributed by atoms with Crippen LogP contribution in [0.2, 0.25) is 0 Å². The first-order valence-electron chi connectivity index (χ1n) is 8.59. The number of hydrogen-bond donors (Lipinski definition) is 3. The van der Waals surface area contributed by atoms with Crippen LogP contribution in [0.4, 0.5) is 0 Å². The molecule has 0 amide bonds. The van der Waals surface area contributed by atoms with Crippen molar-refractivity contribution in [2.75, 3.05) is 0 Å². The number of fused-ring (bicyclic) bond motifs is 1. The number of ether oxygens (including phenoxy) is 2. The summed E-state index contributed by atoms with van der Waals surface area (Å²) in [6, 6.07) is 2.15. The number of Topliss-reactive ketones (excluding diaryl/α,β-unsaturated/α-hetero) is 1. The molecular weight excluding hydrogens is 396 g/mol. The van der Waals surface area contributed by atoms with Crippen LogP contribution in [0.1, 0.15) is 22.8 Å². The number of phenolic OH excluding ortho intramolecular Hbond substituents is 2. The second-order valence-corrected chi connectivity index (χ2v) is 6.74. The minimum atomic E-state index is -2.20. The molecule has 1 aliphatic carbocycles. The smallest absolute Gasteiger partial charge is 0.343 e. The van der Waals surface area contributed by atoms with Crippen LogP contribution >= 0.6 is 0 Å². The van der Waals surface area contributed by atoms with Crippen LogP contribution in [0.3, 0.4) is 0 Å². The van der Waals surface area contributed by atoms with Crippen molar-refractivity contribution in [2.24, 2.45) is 0 Å². The summed E-state index contributed by atoms with van der Waals surface area (Å²) in [5.74, 6) is -4.72. The number of allylic oxidation sites excluding steroid dienone is 3. The number of aryl methyl sites for hydroxylation is 1. The highest BCUT2D eigenvalue weighted by Gasteiger charge is 2.49. The lowest BCUT2D eigenvalue weighted by Crippen LogP contribution is -2.50. The standard InChI is InChI=1S/C21H16O9/c1-10-5-12(22)8-15(23)18(10)20(28)30-21(2)16(24)7-11-6-13(3-4-17(25)26)29-9-14(11)19(21)27/h3-9,22-23H,1-2H3,(H,25,26)/b4-3+/t21-/m1/s1. The molecule has 0 aromatic heterocycles. The van der Waals surface area contributed by atoms with Crippen molar-refractivity contribution in [3.63, 3.8) is 0 Å². The van der Waals surface area contributed by atoms with E-state index in [0.717, 1.165) is 37.5 Å². The third-order valence-electron chi connectivity index (χ3n) is 4.55. The predicted molar refractivity (Wildman–Crippen MR) is 100 cm³/mol. The molecule has 0 saturated carbocycles. The minimum absolute atomic E-state index is 0.0379. The largest absolute Gasteiger partial charge is 0.508 e. The van der Waals surface area contributed by atoms with Crippen LogP contribution in [-0.2, 0) is 23.9 Å². The van der Waals surface area contributed by atoms with Gasteiger partial charge in [0, 0.05) is 12.1 Å². The number of carbonyl (C=O) groups excluding carboxylic acids is 3. The topological polar surface area (TPSA) is 147 Å². The molecule has 3 N–H and O–H groups in total. The Balaban J connectivity index is 1.93. The van der Waals surface area contributed by atoms with Gasteiger partial charge in [-0.25, -0.2) is 9.59 Å². The highest BCUT2D eigenvalue weighted by Crippen LogP contribution is 2.35. The molecule has 1 heterocycles. The van der Waals surface area contributed by atoms with Crippen molar-refractivity contribution >= 4 is 23.5 Å². The lowest BCUT2D eigenvalue weighted by molar-refractivity contribution is -0.145. The average molecular weight is 412 g/mol.